The lowest BCUT2D eigenvalue weighted by molar-refractivity contribution is 0.505. The molecule has 0 unspecified atom stereocenters. The molecule has 0 amide bonds. The third-order valence-corrected chi connectivity index (χ3v) is 3.32. The monoisotopic (exact) mass is 364 g/mol. The molecule has 0 aliphatic rings. The molecular weight excluding hydrogens is 347 g/mol. The summed E-state index contributed by atoms with van der Waals surface area (Å²) in [7, 11) is 8.05. The Morgan fingerprint density at radius 1 is 1.29 bits per heavy atom. The second-order valence-electron chi connectivity index (χ2n) is 4.37. The lowest BCUT2D eigenvalue weighted by Crippen LogP contribution is -1.99. The summed E-state index contributed by atoms with van der Waals surface area (Å²) in [6.07, 6.45) is 2.14. The Kier molecular flexibility index (Phi) is 5.76. The first kappa shape index (κ1) is 14.8. The van der Waals surface area contributed by atoms with E-state index >= 15 is 0 Å². The van der Waals surface area contributed by atoms with Crippen LogP contribution >= 0.6 is 34.2 Å². The van der Waals surface area contributed by atoms with E-state index in [2.05, 4.69) is 46.5 Å². The van der Waals surface area contributed by atoms with Gasteiger partial charge in [0.05, 0.1) is 5.02 Å². The first-order chi connectivity index (χ1) is 7.97. The van der Waals surface area contributed by atoms with E-state index in [1.807, 2.05) is 38.2 Å². The minimum Gasteiger partial charge on any atom is -0.350 e. The molecule has 0 aliphatic carbocycles. The highest BCUT2D eigenvalue weighted by atomic mass is 127. The smallest absolute Gasteiger partial charge is 0.0502 e. The summed E-state index contributed by atoms with van der Waals surface area (Å²) in [6.45, 7) is 0. The zero-order valence-corrected chi connectivity index (χ0v) is 13.6. The van der Waals surface area contributed by atoms with Crippen LogP contribution in [0.4, 0.5) is 0 Å². The fraction of sp³-hybridized carbons (Fsp3) is 0.385. The van der Waals surface area contributed by atoms with Crippen LogP contribution in [0.2, 0.25) is 5.02 Å². The fourth-order valence-corrected chi connectivity index (χ4v) is 2.46. The van der Waals surface area contributed by atoms with E-state index < -0.39 is 0 Å². The van der Waals surface area contributed by atoms with Crippen molar-refractivity contribution in [3.05, 3.63) is 35.0 Å². The van der Waals surface area contributed by atoms with Gasteiger partial charge in [-0.05, 0) is 38.8 Å². The van der Waals surface area contributed by atoms with Crippen LogP contribution in [0, 0.1) is 0 Å². The van der Waals surface area contributed by atoms with Crippen LogP contribution in [0.5, 0.6) is 0 Å². The molecule has 0 saturated carbocycles. The maximum atomic E-state index is 6.14. The fourth-order valence-electron chi connectivity index (χ4n) is 1.59. The average Bonchev–Trinajstić information content (AvgIpc) is 2.56. The second-order valence-corrected chi connectivity index (χ2v) is 5.54. The van der Waals surface area contributed by atoms with Crippen LogP contribution in [0.3, 0.4) is 0 Å². The van der Waals surface area contributed by atoms with Crippen molar-refractivity contribution < 1.29 is 0 Å². The third-order valence-electron chi connectivity index (χ3n) is 2.19. The zero-order valence-electron chi connectivity index (χ0n) is 10.7. The van der Waals surface area contributed by atoms with E-state index in [1.54, 1.807) is 0 Å². The van der Waals surface area contributed by atoms with Crippen molar-refractivity contribution in [3.63, 3.8) is 0 Å². The van der Waals surface area contributed by atoms with Gasteiger partial charge in [-0.1, -0.05) is 40.3 Å². The van der Waals surface area contributed by atoms with Gasteiger partial charge in [-0.25, -0.2) is 0 Å². The van der Waals surface area contributed by atoms with E-state index in [0.717, 1.165) is 9.45 Å². The molecule has 0 bridgehead atoms. The average molecular weight is 365 g/mol. The molecule has 2 aromatic rings. The Morgan fingerprint density at radius 3 is 2.41 bits per heavy atom. The molecule has 1 aromatic carbocycles. The Bertz CT molecular complexity index is 489. The Morgan fingerprint density at radius 2 is 1.88 bits per heavy atom. The van der Waals surface area contributed by atoms with Crippen LogP contribution in [0.1, 0.15) is 5.56 Å². The summed E-state index contributed by atoms with van der Waals surface area (Å²) in [4.78, 5) is 2.00. The molecule has 1 heterocycles. The van der Waals surface area contributed by atoms with Crippen molar-refractivity contribution in [1.29, 1.82) is 0 Å². The van der Waals surface area contributed by atoms with Gasteiger partial charge in [0.2, 0.25) is 0 Å². The first-order valence-electron chi connectivity index (χ1n) is 5.36. The highest BCUT2D eigenvalue weighted by Gasteiger charge is 2.07. The number of hydrogen-bond acceptors (Lipinski definition) is 1. The van der Waals surface area contributed by atoms with Crippen molar-refractivity contribution >= 4 is 45.1 Å². The molecule has 1 aromatic heterocycles. The molecule has 0 spiro atoms. The maximum absolute atomic E-state index is 6.14. The number of benzene rings is 1. The number of nitrogens with zero attached hydrogens (tertiary/aromatic N) is 2. The van der Waals surface area contributed by atoms with Crippen molar-refractivity contribution in [3.8, 4) is 0 Å². The standard InChI is InChI=1S/C10H9ClIN.C3H9N/c1-13-6-7(5-12)10-8(11)3-2-4-9(10)13;1-4(2)3/h2-4,6H,5H2,1H3;1-3H3. The summed E-state index contributed by atoms with van der Waals surface area (Å²) < 4.78 is 3.12. The van der Waals surface area contributed by atoms with E-state index in [-0.39, 0.29) is 0 Å². The topological polar surface area (TPSA) is 8.17 Å². The zero-order chi connectivity index (χ0) is 13.0. The number of alkyl halides is 1. The molecule has 17 heavy (non-hydrogen) atoms. The van der Waals surface area contributed by atoms with Gasteiger partial charge in [0.25, 0.3) is 0 Å². The van der Waals surface area contributed by atoms with Crippen LogP contribution < -0.4 is 0 Å². The van der Waals surface area contributed by atoms with Crippen molar-refractivity contribution in [1.82, 2.24) is 9.47 Å². The summed E-state index contributed by atoms with van der Waals surface area (Å²) in [6, 6.07) is 6.03. The van der Waals surface area contributed by atoms with E-state index in [1.165, 1.54) is 16.5 Å². The molecule has 2 rings (SSSR count). The molecular formula is C13H18ClIN2. The summed E-state index contributed by atoms with van der Waals surface area (Å²) in [5.41, 5.74) is 2.52. The number of halogens is 2. The Balaban J connectivity index is 0.000000317. The molecule has 0 radical (unpaired) electrons. The van der Waals surface area contributed by atoms with Crippen molar-refractivity contribution in [2.24, 2.45) is 7.05 Å². The second kappa shape index (κ2) is 6.61. The first-order valence-corrected chi connectivity index (χ1v) is 7.27. The molecule has 2 nitrogen and oxygen atoms in total. The number of rotatable bonds is 1. The molecule has 0 saturated heterocycles. The van der Waals surface area contributed by atoms with Gasteiger partial charge in [0.1, 0.15) is 0 Å². The Labute approximate surface area is 122 Å². The van der Waals surface area contributed by atoms with Crippen LogP contribution in [0.25, 0.3) is 10.9 Å². The quantitative estimate of drug-likeness (QED) is 0.549. The molecule has 94 valence electrons. The van der Waals surface area contributed by atoms with Gasteiger partial charge < -0.3 is 9.47 Å². The molecule has 0 N–H and O–H groups in total. The normalized spacial score (nSPS) is 10.5. The lowest BCUT2D eigenvalue weighted by atomic mass is 10.2. The SMILES string of the molecule is CN(C)C.Cn1cc(CI)c2c(Cl)cccc21. The van der Waals surface area contributed by atoms with Crippen molar-refractivity contribution in [2.45, 2.75) is 4.43 Å². The number of hydrogen-bond donors (Lipinski definition) is 0. The maximum Gasteiger partial charge on any atom is 0.0502 e. The Hall–Kier alpha value is -0.260. The number of aromatic nitrogens is 1. The number of aryl methyl sites for hydroxylation is 1. The highest BCUT2D eigenvalue weighted by molar-refractivity contribution is 14.1. The predicted octanol–water partition coefficient (Wildman–Crippen LogP) is 3.94. The molecule has 0 aliphatic heterocycles. The molecule has 0 fully saturated rings. The van der Waals surface area contributed by atoms with Crippen LogP contribution in [-0.2, 0) is 11.5 Å². The molecule has 4 heteroatoms. The molecule has 0 atom stereocenters. The minimum absolute atomic E-state index is 0.852. The lowest BCUT2D eigenvalue weighted by Gasteiger charge is -1.97. The van der Waals surface area contributed by atoms with Gasteiger partial charge in [-0.15, -0.1) is 0 Å². The van der Waals surface area contributed by atoms with E-state index in [9.17, 15) is 0 Å². The predicted molar refractivity (Wildman–Crippen MR) is 85.3 cm³/mol. The van der Waals surface area contributed by atoms with Gasteiger partial charge in [-0.3, -0.25) is 0 Å². The van der Waals surface area contributed by atoms with Gasteiger partial charge in [0.15, 0.2) is 0 Å². The summed E-state index contributed by atoms with van der Waals surface area (Å²) in [5, 5.41) is 2.05. The van der Waals surface area contributed by atoms with Crippen LogP contribution in [0.15, 0.2) is 24.4 Å². The van der Waals surface area contributed by atoms with E-state index in [0.29, 0.717) is 0 Å². The highest BCUT2D eigenvalue weighted by Crippen LogP contribution is 2.29. The van der Waals surface area contributed by atoms with Gasteiger partial charge in [0, 0.05) is 28.6 Å². The summed E-state index contributed by atoms with van der Waals surface area (Å²) >= 11 is 8.50. The third kappa shape index (κ3) is 3.86. The number of fused-ring (bicyclic) bond motifs is 1. The van der Waals surface area contributed by atoms with Gasteiger partial charge >= 0.3 is 0 Å². The van der Waals surface area contributed by atoms with Crippen LogP contribution in [-0.4, -0.2) is 30.6 Å². The summed E-state index contributed by atoms with van der Waals surface area (Å²) in [5.74, 6) is 0. The largest absolute Gasteiger partial charge is 0.350 e. The van der Waals surface area contributed by atoms with E-state index in [4.69, 9.17) is 11.6 Å². The minimum atomic E-state index is 0.852. The van der Waals surface area contributed by atoms with Crippen molar-refractivity contribution in [2.75, 3.05) is 21.1 Å². The van der Waals surface area contributed by atoms with Gasteiger partial charge in [-0.2, -0.15) is 0 Å².